The normalized spacial score (nSPS) is 15.5. The molecule has 3 aromatic rings. The van der Waals surface area contributed by atoms with Crippen LogP contribution in [0.1, 0.15) is 42.2 Å². The molecule has 5 rings (SSSR count). The summed E-state index contributed by atoms with van der Waals surface area (Å²) in [5, 5.41) is 21.2. The first kappa shape index (κ1) is 20.8. The molecule has 1 aliphatic heterocycles. The number of aryl methyl sites for hydroxylation is 1. The zero-order valence-electron chi connectivity index (χ0n) is 17.3. The van der Waals surface area contributed by atoms with Crippen LogP contribution in [0.15, 0.2) is 27.8 Å². The molecular formula is C22H20N4O4S2. The predicted octanol–water partition coefficient (Wildman–Crippen LogP) is 4.79. The number of nitrogens with one attached hydrogen (secondary N) is 1. The van der Waals surface area contributed by atoms with Crippen molar-refractivity contribution in [3.63, 3.8) is 0 Å². The number of carbonyl (C=O) groups is 1. The lowest BCUT2D eigenvalue weighted by atomic mass is 10.1. The molecule has 32 heavy (non-hydrogen) atoms. The van der Waals surface area contributed by atoms with E-state index >= 15 is 0 Å². The van der Waals surface area contributed by atoms with E-state index in [1.54, 1.807) is 19.1 Å². The average Bonchev–Trinajstić information content (AvgIpc) is 3.48. The number of thiophene rings is 1. The quantitative estimate of drug-likeness (QED) is 0.420. The second-order valence-corrected chi connectivity index (χ2v) is 9.97. The van der Waals surface area contributed by atoms with Crippen molar-refractivity contribution in [2.24, 2.45) is 0 Å². The fourth-order valence-electron chi connectivity index (χ4n) is 3.77. The van der Waals surface area contributed by atoms with Gasteiger partial charge in [-0.25, -0.2) is 0 Å². The van der Waals surface area contributed by atoms with Gasteiger partial charge in [0.2, 0.25) is 18.6 Å². The van der Waals surface area contributed by atoms with E-state index in [4.69, 9.17) is 13.9 Å². The van der Waals surface area contributed by atoms with Crippen LogP contribution in [0.25, 0.3) is 11.5 Å². The maximum Gasteiger partial charge on any atom is 0.277 e. The number of nitrogens with zero attached hydrogens (tertiary/aromatic N) is 3. The Balaban J connectivity index is 1.27. The van der Waals surface area contributed by atoms with Crippen LogP contribution in [0, 0.1) is 11.3 Å². The van der Waals surface area contributed by atoms with Crippen molar-refractivity contribution in [3.05, 3.63) is 34.2 Å². The minimum atomic E-state index is -0.478. The number of aromatic nitrogens is 2. The van der Waals surface area contributed by atoms with Crippen LogP contribution >= 0.6 is 23.1 Å². The van der Waals surface area contributed by atoms with Gasteiger partial charge >= 0.3 is 0 Å². The molecule has 3 heterocycles. The van der Waals surface area contributed by atoms with Crippen LogP contribution in [-0.2, 0) is 17.6 Å². The van der Waals surface area contributed by atoms with E-state index in [2.05, 4.69) is 21.6 Å². The number of hydrogen-bond acceptors (Lipinski definition) is 9. The third-order valence-electron chi connectivity index (χ3n) is 5.44. The highest BCUT2D eigenvalue weighted by Gasteiger charge is 2.24. The molecule has 1 N–H and O–H groups in total. The van der Waals surface area contributed by atoms with Gasteiger partial charge in [-0.05, 0) is 56.4 Å². The predicted molar refractivity (Wildman–Crippen MR) is 120 cm³/mol. The fourth-order valence-corrected chi connectivity index (χ4v) is 5.70. The lowest BCUT2D eigenvalue weighted by molar-refractivity contribution is -0.115. The van der Waals surface area contributed by atoms with Crippen molar-refractivity contribution < 1.29 is 18.7 Å². The Kier molecular flexibility index (Phi) is 5.76. The molecule has 1 aromatic carbocycles. The van der Waals surface area contributed by atoms with Crippen molar-refractivity contribution in [2.45, 2.75) is 49.5 Å². The summed E-state index contributed by atoms with van der Waals surface area (Å²) in [5.41, 5.74) is 2.43. The van der Waals surface area contributed by atoms with Gasteiger partial charge in [0.05, 0.1) is 10.8 Å². The summed E-state index contributed by atoms with van der Waals surface area (Å²) in [6, 6.07) is 7.68. The lowest BCUT2D eigenvalue weighted by Gasteiger charge is -2.09. The van der Waals surface area contributed by atoms with Crippen molar-refractivity contribution in [1.29, 1.82) is 5.26 Å². The number of ether oxygens (including phenoxy) is 2. The summed E-state index contributed by atoms with van der Waals surface area (Å²) in [7, 11) is 0. The van der Waals surface area contributed by atoms with Crippen molar-refractivity contribution >= 4 is 34.0 Å². The molecule has 0 fully saturated rings. The number of benzene rings is 1. The first-order valence-corrected chi connectivity index (χ1v) is 12.1. The Morgan fingerprint density at radius 2 is 2.06 bits per heavy atom. The number of rotatable bonds is 5. The molecule has 8 nitrogen and oxygen atoms in total. The van der Waals surface area contributed by atoms with Crippen LogP contribution in [0.5, 0.6) is 11.5 Å². The molecule has 2 aromatic heterocycles. The second-order valence-electron chi connectivity index (χ2n) is 7.57. The van der Waals surface area contributed by atoms with Crippen LogP contribution in [0.4, 0.5) is 5.00 Å². The maximum atomic E-state index is 12.8. The molecule has 0 saturated carbocycles. The van der Waals surface area contributed by atoms with Gasteiger partial charge in [-0.15, -0.1) is 21.5 Å². The highest BCUT2D eigenvalue weighted by molar-refractivity contribution is 8.00. The summed E-state index contributed by atoms with van der Waals surface area (Å²) >= 11 is 2.70. The standard InChI is InChI=1S/C22H20N4O4S2/c1-12(19(27)24-21-15(10-23)14-5-3-2-4-6-18(14)32-21)31-22-26-25-20(30-22)13-7-8-16-17(9-13)29-11-28-16/h7-9,12H,2-6,11H2,1H3,(H,24,27). The van der Waals surface area contributed by atoms with Crippen LogP contribution in [0.3, 0.4) is 0 Å². The summed E-state index contributed by atoms with van der Waals surface area (Å²) in [4.78, 5) is 14.0. The van der Waals surface area contributed by atoms with Gasteiger partial charge in [0.1, 0.15) is 11.1 Å². The first-order valence-electron chi connectivity index (χ1n) is 10.4. The van der Waals surface area contributed by atoms with Crippen LogP contribution in [-0.4, -0.2) is 28.1 Å². The molecule has 1 amide bonds. The molecular weight excluding hydrogens is 448 g/mol. The van der Waals surface area contributed by atoms with Gasteiger partial charge in [-0.3, -0.25) is 4.79 Å². The van der Waals surface area contributed by atoms with Gasteiger partial charge in [-0.2, -0.15) is 5.26 Å². The van der Waals surface area contributed by atoms with Gasteiger partial charge in [0.15, 0.2) is 11.5 Å². The zero-order chi connectivity index (χ0) is 22.1. The molecule has 0 saturated heterocycles. The number of carbonyl (C=O) groups excluding carboxylic acids is 1. The summed E-state index contributed by atoms with van der Waals surface area (Å²) in [5.74, 6) is 1.44. The number of thioether (sulfide) groups is 1. The molecule has 164 valence electrons. The molecule has 0 radical (unpaired) electrons. The number of hydrogen-bond donors (Lipinski definition) is 1. The van der Waals surface area contributed by atoms with Gasteiger partial charge in [0.25, 0.3) is 5.22 Å². The van der Waals surface area contributed by atoms with Crippen molar-refractivity contribution in [3.8, 4) is 29.0 Å². The molecule has 0 spiro atoms. The topological polar surface area (TPSA) is 110 Å². The van der Waals surface area contributed by atoms with Gasteiger partial charge in [0, 0.05) is 10.4 Å². The summed E-state index contributed by atoms with van der Waals surface area (Å²) in [6.45, 7) is 1.96. The summed E-state index contributed by atoms with van der Waals surface area (Å²) in [6.07, 6.45) is 5.26. The second kappa shape index (κ2) is 8.84. The Morgan fingerprint density at radius 1 is 1.22 bits per heavy atom. The van der Waals surface area contributed by atoms with Crippen LogP contribution < -0.4 is 14.8 Å². The molecule has 0 bridgehead atoms. The van der Waals surface area contributed by atoms with E-state index in [9.17, 15) is 10.1 Å². The summed E-state index contributed by atoms with van der Waals surface area (Å²) < 4.78 is 16.4. The van der Waals surface area contributed by atoms with Crippen LogP contribution in [0.2, 0.25) is 0 Å². The Bertz CT molecular complexity index is 1210. The monoisotopic (exact) mass is 468 g/mol. The Labute approximate surface area is 192 Å². The molecule has 1 aliphatic carbocycles. The highest BCUT2D eigenvalue weighted by Crippen LogP contribution is 2.38. The maximum absolute atomic E-state index is 12.8. The third kappa shape index (κ3) is 4.06. The Hall–Kier alpha value is -3.03. The van der Waals surface area contributed by atoms with E-state index in [0.29, 0.717) is 38.7 Å². The number of fused-ring (bicyclic) bond motifs is 2. The minimum absolute atomic E-state index is 0.192. The van der Waals surface area contributed by atoms with Crippen molar-refractivity contribution in [2.75, 3.05) is 12.1 Å². The largest absolute Gasteiger partial charge is 0.454 e. The molecule has 10 heteroatoms. The van der Waals surface area contributed by atoms with E-state index in [-0.39, 0.29) is 12.7 Å². The molecule has 1 unspecified atom stereocenters. The molecule has 2 aliphatic rings. The minimum Gasteiger partial charge on any atom is -0.454 e. The van der Waals surface area contributed by atoms with Gasteiger partial charge in [-0.1, -0.05) is 18.2 Å². The van der Waals surface area contributed by atoms with Crippen molar-refractivity contribution in [1.82, 2.24) is 10.2 Å². The van der Waals surface area contributed by atoms with E-state index in [1.807, 2.05) is 6.07 Å². The Morgan fingerprint density at radius 3 is 2.94 bits per heavy atom. The van der Waals surface area contributed by atoms with E-state index in [1.165, 1.54) is 34.4 Å². The number of nitriles is 1. The van der Waals surface area contributed by atoms with E-state index in [0.717, 1.165) is 31.2 Å². The average molecular weight is 469 g/mol. The number of amides is 1. The molecule has 1 atom stereocenters. The SMILES string of the molecule is CC(Sc1nnc(-c2ccc3c(c2)OCO3)o1)C(=O)Nc1sc2c(c1C#N)CCCCC2. The van der Waals surface area contributed by atoms with Gasteiger partial charge < -0.3 is 19.2 Å². The first-order chi connectivity index (χ1) is 15.6. The van der Waals surface area contributed by atoms with E-state index < -0.39 is 5.25 Å². The zero-order valence-corrected chi connectivity index (χ0v) is 19.0. The fraction of sp³-hybridized carbons (Fsp3) is 0.364. The number of anilines is 1. The highest BCUT2D eigenvalue weighted by atomic mass is 32.2. The lowest BCUT2D eigenvalue weighted by Crippen LogP contribution is -2.22. The third-order valence-corrected chi connectivity index (χ3v) is 7.58. The smallest absolute Gasteiger partial charge is 0.277 e.